The Kier molecular flexibility index (Phi) is 8.36. The number of hydrogen-bond donors (Lipinski definition) is 1. The average molecular weight is 363 g/mol. The van der Waals surface area contributed by atoms with E-state index in [1.807, 2.05) is 48.9 Å². The van der Waals surface area contributed by atoms with Crippen molar-refractivity contribution in [2.45, 2.75) is 20.8 Å². The number of carboxylic acids is 1. The Balaban J connectivity index is 0.000000461. The van der Waals surface area contributed by atoms with Gasteiger partial charge in [0.05, 0.1) is 5.02 Å². The van der Waals surface area contributed by atoms with E-state index in [0.29, 0.717) is 5.02 Å². The van der Waals surface area contributed by atoms with E-state index in [1.54, 1.807) is 18.3 Å². The number of benzene rings is 2. The minimum absolute atomic E-state index is 0.261. The molecule has 1 aromatic heterocycles. The third kappa shape index (κ3) is 6.04. The fraction of sp³-hybridized carbons (Fsp3) is 0.158. The van der Waals surface area contributed by atoms with Crippen LogP contribution in [0.2, 0.25) is 5.02 Å². The smallest absolute Gasteiger partial charge is 0.300 e. The van der Waals surface area contributed by atoms with Crippen molar-refractivity contribution < 1.29 is 14.3 Å². The molecule has 0 aliphatic rings. The van der Waals surface area contributed by atoms with E-state index in [4.69, 9.17) is 21.5 Å². The lowest BCUT2D eigenvalue weighted by molar-refractivity contribution is -0.134. The van der Waals surface area contributed by atoms with Gasteiger partial charge >= 0.3 is 0 Å². The molecule has 4 nitrogen and oxygen atoms in total. The summed E-state index contributed by atoms with van der Waals surface area (Å²) in [5.41, 5.74) is 1.69. The van der Waals surface area contributed by atoms with Gasteiger partial charge in [-0.25, -0.2) is 9.37 Å². The summed E-state index contributed by atoms with van der Waals surface area (Å²) in [4.78, 5) is 13.3. The molecule has 6 heteroatoms. The number of imidazole rings is 1. The molecule has 1 heterocycles. The van der Waals surface area contributed by atoms with Gasteiger partial charge in [0.2, 0.25) is 0 Å². The lowest BCUT2D eigenvalue weighted by Crippen LogP contribution is -1.96. The van der Waals surface area contributed by atoms with E-state index >= 15 is 0 Å². The van der Waals surface area contributed by atoms with Crippen LogP contribution < -0.4 is 0 Å². The Bertz CT molecular complexity index is 797. The predicted molar refractivity (Wildman–Crippen MR) is 98.6 cm³/mol. The number of carbonyl (C=O) groups is 1. The molecule has 0 atom stereocenters. The van der Waals surface area contributed by atoms with Crippen LogP contribution in [0.1, 0.15) is 20.8 Å². The molecule has 0 fully saturated rings. The van der Waals surface area contributed by atoms with Crippen LogP contribution in [0.25, 0.3) is 17.1 Å². The zero-order valence-corrected chi connectivity index (χ0v) is 15.0. The fourth-order valence-corrected chi connectivity index (χ4v) is 2.18. The van der Waals surface area contributed by atoms with E-state index in [-0.39, 0.29) is 5.82 Å². The van der Waals surface area contributed by atoms with Gasteiger partial charge in [0.15, 0.2) is 0 Å². The van der Waals surface area contributed by atoms with Crippen molar-refractivity contribution in [1.29, 1.82) is 0 Å². The Morgan fingerprint density at radius 2 is 1.68 bits per heavy atom. The van der Waals surface area contributed by atoms with Crippen molar-refractivity contribution >= 4 is 17.6 Å². The normalized spacial score (nSPS) is 9.32. The summed E-state index contributed by atoms with van der Waals surface area (Å²) >= 11 is 6.19. The topological polar surface area (TPSA) is 55.1 Å². The predicted octanol–water partition coefficient (Wildman–Crippen LogP) is 5.45. The highest BCUT2D eigenvalue weighted by Gasteiger charge is 2.10. The number of nitrogens with zero attached hydrogens (tertiary/aromatic N) is 2. The quantitative estimate of drug-likeness (QED) is 0.659. The van der Waals surface area contributed by atoms with Crippen LogP contribution in [-0.4, -0.2) is 20.6 Å². The van der Waals surface area contributed by atoms with Crippen molar-refractivity contribution in [2.24, 2.45) is 0 Å². The SMILES string of the molecule is CC.CC(=O)O.Fc1ccc(-n2ccnc2-c2ccccc2Cl)cc1. The second kappa shape index (κ2) is 10.3. The molecule has 3 rings (SSSR count). The summed E-state index contributed by atoms with van der Waals surface area (Å²) in [6, 6.07) is 13.8. The zero-order chi connectivity index (χ0) is 18.8. The van der Waals surface area contributed by atoms with Gasteiger partial charge in [0.1, 0.15) is 11.6 Å². The molecule has 0 amide bonds. The molecule has 25 heavy (non-hydrogen) atoms. The molecule has 0 aliphatic carbocycles. The third-order valence-electron chi connectivity index (χ3n) is 2.86. The summed E-state index contributed by atoms with van der Waals surface area (Å²) in [7, 11) is 0. The van der Waals surface area contributed by atoms with E-state index in [0.717, 1.165) is 24.0 Å². The van der Waals surface area contributed by atoms with Gasteiger partial charge in [-0.05, 0) is 36.4 Å². The number of hydrogen-bond acceptors (Lipinski definition) is 2. The van der Waals surface area contributed by atoms with Crippen LogP contribution in [0.3, 0.4) is 0 Å². The summed E-state index contributed by atoms with van der Waals surface area (Å²) in [5, 5.41) is 8.05. The minimum atomic E-state index is -0.833. The van der Waals surface area contributed by atoms with Crippen molar-refractivity contribution in [1.82, 2.24) is 9.55 Å². The number of carboxylic acid groups (broad SMARTS) is 1. The average Bonchev–Trinajstić information content (AvgIpc) is 3.07. The molecule has 0 aliphatic heterocycles. The first kappa shape index (κ1) is 20.4. The van der Waals surface area contributed by atoms with Crippen molar-refractivity contribution in [3.05, 3.63) is 71.8 Å². The lowest BCUT2D eigenvalue weighted by atomic mass is 10.2. The van der Waals surface area contributed by atoms with Gasteiger partial charge in [-0.2, -0.15) is 0 Å². The van der Waals surface area contributed by atoms with Crippen LogP contribution >= 0.6 is 11.6 Å². The van der Waals surface area contributed by atoms with Crippen LogP contribution in [0.15, 0.2) is 60.9 Å². The molecule has 1 N–H and O–H groups in total. The minimum Gasteiger partial charge on any atom is -0.481 e. The van der Waals surface area contributed by atoms with Crippen LogP contribution in [0, 0.1) is 5.82 Å². The Labute approximate surface area is 151 Å². The van der Waals surface area contributed by atoms with Crippen LogP contribution in [-0.2, 0) is 4.79 Å². The van der Waals surface area contributed by atoms with Crippen LogP contribution in [0.4, 0.5) is 4.39 Å². The molecule has 0 saturated carbocycles. The summed E-state index contributed by atoms with van der Waals surface area (Å²) in [6.07, 6.45) is 3.52. The Morgan fingerprint density at radius 3 is 2.24 bits per heavy atom. The molecule has 0 saturated heterocycles. The standard InChI is InChI=1S/C15H10ClFN2.C2H4O2.C2H6/c16-14-4-2-1-3-13(14)15-18-9-10-19(15)12-7-5-11(17)6-8-12;1-2(3)4;1-2/h1-10H;1H3,(H,3,4);1-2H3. The first-order valence-electron chi connectivity index (χ1n) is 7.72. The second-order valence-corrected chi connectivity index (χ2v) is 5.00. The van der Waals surface area contributed by atoms with Gasteiger partial charge in [-0.3, -0.25) is 9.36 Å². The maximum absolute atomic E-state index is 13.0. The zero-order valence-electron chi connectivity index (χ0n) is 14.3. The molecule has 0 spiro atoms. The van der Waals surface area contributed by atoms with Crippen molar-refractivity contribution in [3.8, 4) is 17.1 Å². The molecule has 0 radical (unpaired) electrons. The van der Waals surface area contributed by atoms with Gasteiger partial charge in [0.25, 0.3) is 5.97 Å². The molecule has 0 bridgehead atoms. The Morgan fingerprint density at radius 1 is 1.12 bits per heavy atom. The summed E-state index contributed by atoms with van der Waals surface area (Å²) in [6.45, 7) is 5.08. The van der Waals surface area contributed by atoms with Crippen LogP contribution in [0.5, 0.6) is 0 Å². The third-order valence-corrected chi connectivity index (χ3v) is 3.19. The number of halogens is 2. The summed E-state index contributed by atoms with van der Waals surface area (Å²) < 4.78 is 14.8. The Hall–Kier alpha value is -2.66. The first-order chi connectivity index (χ1) is 12.0. The van der Waals surface area contributed by atoms with E-state index < -0.39 is 5.97 Å². The lowest BCUT2D eigenvalue weighted by Gasteiger charge is -2.09. The molecule has 132 valence electrons. The van der Waals surface area contributed by atoms with E-state index in [2.05, 4.69) is 4.98 Å². The van der Waals surface area contributed by atoms with Gasteiger partial charge in [-0.1, -0.05) is 37.6 Å². The number of aromatic nitrogens is 2. The van der Waals surface area contributed by atoms with Gasteiger partial charge in [-0.15, -0.1) is 0 Å². The summed E-state index contributed by atoms with van der Waals surface area (Å²) in [5.74, 6) is -0.361. The fourth-order valence-electron chi connectivity index (χ4n) is 1.96. The van der Waals surface area contributed by atoms with Gasteiger partial charge in [0, 0.05) is 30.6 Å². The molecule has 0 unspecified atom stereocenters. The monoisotopic (exact) mass is 362 g/mol. The second-order valence-electron chi connectivity index (χ2n) is 4.60. The largest absolute Gasteiger partial charge is 0.481 e. The van der Waals surface area contributed by atoms with Crippen molar-refractivity contribution in [3.63, 3.8) is 0 Å². The molecule has 3 aromatic rings. The highest BCUT2D eigenvalue weighted by Crippen LogP contribution is 2.28. The van der Waals surface area contributed by atoms with Crippen molar-refractivity contribution in [2.75, 3.05) is 0 Å². The number of rotatable bonds is 2. The first-order valence-corrected chi connectivity index (χ1v) is 8.10. The highest BCUT2D eigenvalue weighted by atomic mass is 35.5. The molecular weight excluding hydrogens is 343 g/mol. The molecule has 2 aromatic carbocycles. The maximum atomic E-state index is 13.0. The van der Waals surface area contributed by atoms with Gasteiger partial charge < -0.3 is 5.11 Å². The number of aliphatic carboxylic acids is 1. The van der Waals surface area contributed by atoms with E-state index in [1.165, 1.54) is 12.1 Å². The maximum Gasteiger partial charge on any atom is 0.300 e. The highest BCUT2D eigenvalue weighted by molar-refractivity contribution is 6.33. The molecular formula is C19H20ClFN2O2. The van der Waals surface area contributed by atoms with E-state index in [9.17, 15) is 4.39 Å².